The third-order valence-corrected chi connectivity index (χ3v) is 3.09. The second-order valence-corrected chi connectivity index (χ2v) is 4.49. The molecule has 0 bridgehead atoms. The van der Waals surface area contributed by atoms with Gasteiger partial charge in [-0.1, -0.05) is 30.3 Å². The monoisotopic (exact) mass is 303 g/mol. The molecular weight excluding hydrogens is 290 g/mol. The van der Waals surface area contributed by atoms with Gasteiger partial charge in [0.1, 0.15) is 17.7 Å². The lowest BCUT2D eigenvalue weighted by molar-refractivity contribution is -0.136. The summed E-state index contributed by atoms with van der Waals surface area (Å²) < 4.78 is 4.85. The molecule has 0 saturated heterocycles. The van der Waals surface area contributed by atoms with Gasteiger partial charge in [0.2, 0.25) is 0 Å². The maximum absolute atomic E-state index is 11.7. The van der Waals surface area contributed by atoms with Crippen molar-refractivity contribution in [1.82, 2.24) is 4.98 Å². The van der Waals surface area contributed by atoms with Crippen molar-refractivity contribution in [2.75, 3.05) is 6.61 Å². The van der Waals surface area contributed by atoms with Crippen LogP contribution in [0, 0.1) is 22.7 Å². The maximum atomic E-state index is 11.7. The highest BCUT2D eigenvalue weighted by Gasteiger charge is 2.10. The number of nitriles is 2. The standard InChI is InChI=1S/C18H13N3O2/c1-2-23-18(22)16(12-20)14-8-6-13(7-9-14)15(11-19)17-5-3-4-10-21-17/h3-10H,2H2,1H3. The molecule has 0 radical (unpaired) electrons. The summed E-state index contributed by atoms with van der Waals surface area (Å²) >= 11 is 0. The zero-order valence-electron chi connectivity index (χ0n) is 12.5. The van der Waals surface area contributed by atoms with E-state index in [2.05, 4.69) is 11.1 Å². The van der Waals surface area contributed by atoms with Gasteiger partial charge in [0.25, 0.3) is 0 Å². The molecule has 0 fully saturated rings. The average Bonchev–Trinajstić information content (AvgIpc) is 2.59. The highest BCUT2D eigenvalue weighted by Crippen LogP contribution is 2.05. The molecule has 112 valence electrons. The molecule has 1 aromatic heterocycles. The molecule has 0 amide bonds. The topological polar surface area (TPSA) is 86.8 Å². The Balaban J connectivity index is 2.59. The Kier molecular flexibility index (Phi) is 5.22. The lowest BCUT2D eigenvalue weighted by atomic mass is 10.1. The fourth-order valence-electron chi connectivity index (χ4n) is 2.02. The van der Waals surface area contributed by atoms with Crippen LogP contribution in [0.15, 0.2) is 48.7 Å². The lowest BCUT2D eigenvalue weighted by Crippen LogP contribution is -2.18. The molecule has 5 heteroatoms. The van der Waals surface area contributed by atoms with Gasteiger partial charge in [-0.05, 0) is 29.5 Å². The molecule has 0 saturated carbocycles. The average molecular weight is 303 g/mol. The van der Waals surface area contributed by atoms with Crippen molar-refractivity contribution in [3.05, 3.63) is 64.8 Å². The van der Waals surface area contributed by atoms with Crippen LogP contribution in [0.25, 0.3) is 11.1 Å². The first kappa shape index (κ1) is 15.9. The van der Waals surface area contributed by atoms with Gasteiger partial charge in [0.05, 0.1) is 17.9 Å². The van der Waals surface area contributed by atoms with Crippen molar-refractivity contribution in [2.24, 2.45) is 0 Å². The minimum atomic E-state index is -0.656. The van der Waals surface area contributed by atoms with E-state index in [0.29, 0.717) is 21.7 Å². The number of carbonyl (C=O) groups excluding carboxylic acids is 1. The van der Waals surface area contributed by atoms with Crippen molar-refractivity contribution in [1.29, 1.82) is 10.5 Å². The molecule has 5 nitrogen and oxygen atoms in total. The van der Waals surface area contributed by atoms with Crippen LogP contribution in [-0.4, -0.2) is 17.6 Å². The van der Waals surface area contributed by atoms with Crippen LogP contribution >= 0.6 is 0 Å². The fraction of sp³-hybridized carbons (Fsp3) is 0.111. The first-order chi connectivity index (χ1) is 11.2. The van der Waals surface area contributed by atoms with Crippen LogP contribution in [0.1, 0.15) is 12.6 Å². The van der Waals surface area contributed by atoms with Crippen molar-refractivity contribution < 1.29 is 9.53 Å². The third-order valence-electron chi connectivity index (χ3n) is 3.09. The van der Waals surface area contributed by atoms with Crippen LogP contribution in [-0.2, 0) is 9.53 Å². The number of esters is 1. The van der Waals surface area contributed by atoms with E-state index in [4.69, 9.17) is 10.00 Å². The molecule has 0 aliphatic carbocycles. The van der Waals surface area contributed by atoms with Crippen molar-refractivity contribution in [3.8, 4) is 12.1 Å². The summed E-state index contributed by atoms with van der Waals surface area (Å²) in [5.41, 5.74) is 0.930. The Bertz CT molecular complexity index is 896. The Morgan fingerprint density at radius 3 is 2.30 bits per heavy atom. The van der Waals surface area contributed by atoms with Crippen LogP contribution in [0.5, 0.6) is 0 Å². The van der Waals surface area contributed by atoms with Gasteiger partial charge in [-0.2, -0.15) is 10.5 Å². The number of pyridine rings is 1. The Morgan fingerprint density at radius 2 is 1.78 bits per heavy atom. The SMILES string of the molecule is CCOC(=O)C(C#N)=c1ccc(=C(C#N)c2ccccn2)cc1. The Hall–Kier alpha value is -3.44. The van der Waals surface area contributed by atoms with Gasteiger partial charge in [-0.15, -0.1) is 0 Å². The molecule has 0 atom stereocenters. The summed E-state index contributed by atoms with van der Waals surface area (Å²) in [6.07, 6.45) is 1.61. The highest BCUT2D eigenvalue weighted by atomic mass is 16.5. The van der Waals surface area contributed by atoms with Gasteiger partial charge in [0.15, 0.2) is 0 Å². The summed E-state index contributed by atoms with van der Waals surface area (Å²) in [7, 11) is 0. The molecule has 2 rings (SSSR count). The predicted molar refractivity (Wildman–Crippen MR) is 83.7 cm³/mol. The van der Waals surface area contributed by atoms with E-state index in [-0.39, 0.29) is 12.2 Å². The first-order valence-corrected chi connectivity index (χ1v) is 6.94. The van der Waals surface area contributed by atoms with E-state index in [1.165, 1.54) is 0 Å². The quantitative estimate of drug-likeness (QED) is 0.791. The predicted octanol–water partition coefficient (Wildman–Crippen LogP) is 1.04. The highest BCUT2D eigenvalue weighted by molar-refractivity contribution is 6.15. The van der Waals surface area contributed by atoms with Gasteiger partial charge >= 0.3 is 5.97 Å². The summed E-state index contributed by atoms with van der Waals surface area (Å²) in [4.78, 5) is 15.9. The molecular formula is C18H13N3O2. The van der Waals surface area contributed by atoms with E-state index < -0.39 is 5.97 Å². The number of benzene rings is 1. The molecule has 1 heterocycles. The van der Waals surface area contributed by atoms with E-state index in [1.54, 1.807) is 55.6 Å². The summed E-state index contributed by atoms with van der Waals surface area (Å²) in [5, 5.41) is 19.6. The second kappa shape index (κ2) is 7.53. The summed E-state index contributed by atoms with van der Waals surface area (Å²) in [5.74, 6) is -0.656. The van der Waals surface area contributed by atoms with E-state index in [1.807, 2.05) is 6.07 Å². The van der Waals surface area contributed by atoms with Crippen LogP contribution < -0.4 is 10.4 Å². The molecule has 0 aliphatic rings. The van der Waals surface area contributed by atoms with Crippen LogP contribution in [0.2, 0.25) is 0 Å². The molecule has 23 heavy (non-hydrogen) atoms. The van der Waals surface area contributed by atoms with Gasteiger partial charge in [0, 0.05) is 6.20 Å². The second-order valence-electron chi connectivity index (χ2n) is 4.49. The van der Waals surface area contributed by atoms with E-state index in [9.17, 15) is 10.1 Å². The van der Waals surface area contributed by atoms with Crippen molar-refractivity contribution >= 4 is 17.1 Å². The molecule has 2 aromatic rings. The smallest absolute Gasteiger partial charge is 0.349 e. The van der Waals surface area contributed by atoms with E-state index in [0.717, 1.165) is 0 Å². The van der Waals surface area contributed by atoms with Crippen molar-refractivity contribution in [2.45, 2.75) is 6.92 Å². The number of hydrogen-bond donors (Lipinski definition) is 0. The Labute approximate surface area is 133 Å². The zero-order chi connectivity index (χ0) is 16.7. The fourth-order valence-corrected chi connectivity index (χ4v) is 2.02. The molecule has 0 unspecified atom stereocenters. The Morgan fingerprint density at radius 1 is 1.09 bits per heavy atom. The van der Waals surface area contributed by atoms with Gasteiger partial charge in [-0.3, -0.25) is 4.98 Å². The van der Waals surface area contributed by atoms with Gasteiger partial charge < -0.3 is 4.74 Å². The largest absolute Gasteiger partial charge is 0.462 e. The molecule has 0 N–H and O–H groups in total. The van der Waals surface area contributed by atoms with Crippen LogP contribution in [0.3, 0.4) is 0 Å². The summed E-state index contributed by atoms with van der Waals surface area (Å²) in [6, 6.07) is 15.9. The molecule has 1 aromatic carbocycles. The number of hydrogen-bond acceptors (Lipinski definition) is 5. The molecule has 0 aliphatic heterocycles. The third kappa shape index (κ3) is 3.61. The molecule has 0 spiro atoms. The van der Waals surface area contributed by atoms with Crippen molar-refractivity contribution in [3.63, 3.8) is 0 Å². The normalized spacial score (nSPS) is 9.35. The number of carbonyl (C=O) groups is 1. The zero-order valence-corrected chi connectivity index (χ0v) is 12.5. The van der Waals surface area contributed by atoms with Crippen LogP contribution in [0.4, 0.5) is 0 Å². The summed E-state index contributed by atoms with van der Waals surface area (Å²) in [6.45, 7) is 1.88. The number of aromatic nitrogens is 1. The number of nitrogens with zero attached hydrogens (tertiary/aromatic N) is 3. The first-order valence-electron chi connectivity index (χ1n) is 6.94. The maximum Gasteiger partial charge on any atom is 0.349 e. The number of rotatable bonds is 3. The minimum absolute atomic E-state index is 0.0604. The van der Waals surface area contributed by atoms with Gasteiger partial charge in [-0.25, -0.2) is 4.79 Å². The minimum Gasteiger partial charge on any atom is -0.462 e. The lowest BCUT2D eigenvalue weighted by Gasteiger charge is -2.00. The van der Waals surface area contributed by atoms with E-state index >= 15 is 0 Å². The number of ether oxygens (including phenoxy) is 1.